The predicted molar refractivity (Wildman–Crippen MR) is 143 cm³/mol. The molecule has 0 nitrogen and oxygen atoms in total. The van der Waals surface area contributed by atoms with E-state index in [0.717, 1.165) is 4.90 Å². The summed E-state index contributed by atoms with van der Waals surface area (Å²) < 4.78 is 0. The maximum absolute atomic E-state index is 1.70. The number of hydrogen-bond acceptors (Lipinski definition) is 0. The molecule has 0 aromatic carbocycles. The van der Waals surface area contributed by atoms with Crippen molar-refractivity contribution in [1.82, 2.24) is 0 Å². The van der Waals surface area contributed by atoms with Gasteiger partial charge in [-0.25, -0.2) is 0 Å². The van der Waals surface area contributed by atoms with E-state index in [1.807, 2.05) is 0 Å². The molecule has 0 spiro atoms. The summed E-state index contributed by atoms with van der Waals surface area (Å²) in [6.45, 7) is 0. The second-order valence-electron chi connectivity index (χ2n) is 12.2. The molecule has 0 unspecified atom stereocenters. The molecule has 0 aromatic rings. The van der Waals surface area contributed by atoms with E-state index in [9.17, 15) is 0 Å². The van der Waals surface area contributed by atoms with Gasteiger partial charge in [-0.15, -0.1) is 0 Å². The quantitative estimate of drug-likeness (QED) is 0.344. The Balaban J connectivity index is 1.52. The minimum atomic E-state index is 0.257. The molecule has 0 aromatic heterocycles. The van der Waals surface area contributed by atoms with Gasteiger partial charge in [-0.2, -0.15) is 0 Å². The highest BCUT2D eigenvalue weighted by molar-refractivity contribution is 7.78. The Hall–Kier alpha value is 0.860. The second kappa shape index (κ2) is 11.5. The van der Waals surface area contributed by atoms with Gasteiger partial charge < -0.3 is 0 Å². The van der Waals surface area contributed by atoms with Crippen LogP contribution in [0.3, 0.4) is 0 Å². The van der Waals surface area contributed by atoms with E-state index in [0.29, 0.717) is 0 Å². The van der Waals surface area contributed by atoms with Crippen LogP contribution >= 0.6 is 15.8 Å². The zero-order chi connectivity index (χ0) is 20.9. The van der Waals surface area contributed by atoms with Gasteiger partial charge in [0, 0.05) is 4.90 Å². The van der Waals surface area contributed by atoms with Crippen LogP contribution in [0.5, 0.6) is 0 Å². The fourth-order valence-electron chi connectivity index (χ4n) is 8.98. The minimum absolute atomic E-state index is 0.257. The zero-order valence-corrected chi connectivity index (χ0v) is 22.5. The lowest BCUT2D eigenvalue weighted by Crippen LogP contribution is -2.39. The van der Waals surface area contributed by atoms with Crippen molar-refractivity contribution in [3.05, 3.63) is 0 Å². The summed E-state index contributed by atoms with van der Waals surface area (Å²) in [4.78, 5) is 0.888. The molecular weight excluding hydrogens is 410 g/mol. The van der Waals surface area contributed by atoms with Crippen LogP contribution in [0.2, 0.25) is 0 Å². The molecule has 5 saturated carbocycles. The van der Waals surface area contributed by atoms with Crippen molar-refractivity contribution in [3.63, 3.8) is 0 Å². The molecule has 5 aliphatic carbocycles. The molecule has 0 radical (unpaired) electrons. The Morgan fingerprint density at radius 3 is 0.839 bits per heavy atom. The lowest BCUT2D eigenvalue weighted by Gasteiger charge is -2.57. The van der Waals surface area contributed by atoms with E-state index in [2.05, 4.69) is 0 Å². The first-order valence-electron chi connectivity index (χ1n) is 15.0. The molecular formula is C29H52P2. The minimum Gasteiger partial charge on any atom is -0.0895 e. The van der Waals surface area contributed by atoms with Gasteiger partial charge in [0.1, 0.15) is 0 Å². The van der Waals surface area contributed by atoms with E-state index >= 15 is 0 Å². The Bertz CT molecular complexity index is 437. The maximum Gasteiger partial charge on any atom is 0.0116 e. The first-order chi connectivity index (χ1) is 15.4. The van der Waals surface area contributed by atoms with Gasteiger partial charge in [0.05, 0.1) is 0 Å². The molecule has 5 fully saturated rings. The molecule has 0 aliphatic heterocycles. The normalized spacial score (nSPS) is 30.4. The van der Waals surface area contributed by atoms with E-state index in [-0.39, 0.29) is 15.8 Å². The van der Waals surface area contributed by atoms with Crippen LogP contribution in [-0.2, 0) is 0 Å². The summed E-state index contributed by atoms with van der Waals surface area (Å²) >= 11 is 0. The van der Waals surface area contributed by atoms with Gasteiger partial charge in [0.25, 0.3) is 0 Å². The molecule has 5 rings (SSSR count). The van der Waals surface area contributed by atoms with Crippen LogP contribution in [-0.4, -0.2) is 27.5 Å². The van der Waals surface area contributed by atoms with Gasteiger partial charge in [0.15, 0.2) is 0 Å². The first kappa shape index (κ1) is 23.6. The Labute approximate surface area is 197 Å². The van der Waals surface area contributed by atoms with Gasteiger partial charge in [-0.05, 0) is 86.8 Å². The van der Waals surface area contributed by atoms with Crippen molar-refractivity contribution >= 4 is 15.8 Å². The fourth-order valence-corrected chi connectivity index (χ4v) is 21.3. The highest BCUT2D eigenvalue weighted by Crippen LogP contribution is 2.82. The van der Waals surface area contributed by atoms with Crippen molar-refractivity contribution in [2.24, 2.45) is 0 Å². The Morgan fingerprint density at radius 2 is 0.581 bits per heavy atom. The van der Waals surface area contributed by atoms with Crippen LogP contribution in [0.4, 0.5) is 0 Å². The van der Waals surface area contributed by atoms with Crippen LogP contribution in [0.25, 0.3) is 0 Å². The monoisotopic (exact) mass is 462 g/mol. The topological polar surface area (TPSA) is 0 Å². The van der Waals surface area contributed by atoms with E-state index in [1.165, 1.54) is 22.6 Å². The van der Waals surface area contributed by atoms with Crippen molar-refractivity contribution in [2.75, 3.05) is 0 Å². The molecule has 178 valence electrons. The summed E-state index contributed by atoms with van der Waals surface area (Å²) in [5, 5.41) is 0. The average Bonchev–Trinajstić information content (AvgIpc) is 3.32. The summed E-state index contributed by atoms with van der Waals surface area (Å²) in [6, 6.07) is 0. The Kier molecular flexibility index (Phi) is 8.77. The van der Waals surface area contributed by atoms with Crippen LogP contribution in [0.15, 0.2) is 0 Å². The number of hydrogen-bond donors (Lipinski definition) is 0. The van der Waals surface area contributed by atoms with Gasteiger partial charge in [-0.3, -0.25) is 0 Å². The lowest BCUT2D eigenvalue weighted by molar-refractivity contribution is 0.467. The van der Waals surface area contributed by atoms with Gasteiger partial charge in [0.2, 0.25) is 0 Å². The third kappa shape index (κ3) is 5.27. The molecule has 0 heterocycles. The largest absolute Gasteiger partial charge is 0.0895 e. The first-order valence-corrected chi connectivity index (χ1v) is 17.9. The van der Waals surface area contributed by atoms with Gasteiger partial charge >= 0.3 is 0 Å². The third-order valence-corrected chi connectivity index (χ3v) is 19.7. The molecule has 0 N–H and O–H groups in total. The van der Waals surface area contributed by atoms with Crippen molar-refractivity contribution in [1.29, 1.82) is 0 Å². The van der Waals surface area contributed by atoms with Crippen molar-refractivity contribution < 1.29 is 0 Å². The van der Waals surface area contributed by atoms with Crippen LogP contribution in [0.1, 0.15) is 154 Å². The summed E-state index contributed by atoms with van der Waals surface area (Å²) in [7, 11) is 0.515. The average molecular weight is 463 g/mol. The highest BCUT2D eigenvalue weighted by atomic mass is 31.2. The van der Waals surface area contributed by atoms with Crippen molar-refractivity contribution in [3.8, 4) is 0 Å². The van der Waals surface area contributed by atoms with E-state index in [4.69, 9.17) is 0 Å². The van der Waals surface area contributed by atoms with E-state index < -0.39 is 0 Å². The predicted octanol–water partition coefficient (Wildman–Crippen LogP) is 10.6. The molecule has 5 aliphatic rings. The molecule has 31 heavy (non-hydrogen) atoms. The summed E-state index contributed by atoms with van der Waals surface area (Å²) in [5.74, 6) is 0. The van der Waals surface area contributed by atoms with Gasteiger partial charge in [-0.1, -0.05) is 106 Å². The summed E-state index contributed by atoms with van der Waals surface area (Å²) in [5.41, 5.74) is 4.73. The smallest absolute Gasteiger partial charge is 0.0116 e. The van der Waals surface area contributed by atoms with E-state index in [1.54, 1.807) is 154 Å². The fraction of sp³-hybridized carbons (Fsp3) is 1.00. The molecule has 2 heteroatoms. The maximum atomic E-state index is 1.70. The summed E-state index contributed by atoms with van der Waals surface area (Å²) in [6.07, 6.45) is 38.6. The van der Waals surface area contributed by atoms with Crippen LogP contribution in [0, 0.1) is 0 Å². The number of rotatable bonds is 6. The van der Waals surface area contributed by atoms with Crippen LogP contribution < -0.4 is 0 Å². The SMILES string of the molecule is C1CCC(P(C2CCCCC2)C2(P(C3CCCCC3)C3CCCCC3)CCCC2)CC1. The molecule has 0 bridgehead atoms. The molecule has 0 saturated heterocycles. The molecule has 0 amide bonds. The molecule has 0 atom stereocenters. The second-order valence-corrected chi connectivity index (χ2v) is 18.8. The Morgan fingerprint density at radius 1 is 0.323 bits per heavy atom. The third-order valence-electron chi connectivity index (χ3n) is 10.2. The zero-order valence-electron chi connectivity index (χ0n) is 20.7. The lowest BCUT2D eigenvalue weighted by atomic mass is 9.99. The highest BCUT2D eigenvalue weighted by Gasteiger charge is 2.55. The standard InChI is InChI=1S/C29H52P2/c1-5-15-25(16-6-1)30(26-17-7-2-8-18-26)29(23-13-14-24-29)31(27-19-9-3-10-20-27)28-21-11-4-12-22-28/h25-28H,1-24H2. The van der Waals surface area contributed by atoms with Crippen molar-refractivity contribution in [2.45, 2.75) is 182 Å².